The summed E-state index contributed by atoms with van der Waals surface area (Å²) in [5.74, 6) is 0.475. The predicted molar refractivity (Wildman–Crippen MR) is 107 cm³/mol. The molecule has 0 radical (unpaired) electrons. The van der Waals surface area contributed by atoms with Gasteiger partial charge in [0.15, 0.2) is 0 Å². The molecule has 0 spiro atoms. The molecule has 0 aliphatic heterocycles. The number of pyridine rings is 1. The Morgan fingerprint density at radius 1 is 1.04 bits per heavy atom. The zero-order valence-electron chi connectivity index (χ0n) is 14.3. The summed E-state index contributed by atoms with van der Waals surface area (Å²) in [6.07, 6.45) is 1.67. The maximum absolute atomic E-state index is 12.5. The van der Waals surface area contributed by atoms with E-state index in [1.54, 1.807) is 12.3 Å². The van der Waals surface area contributed by atoms with Gasteiger partial charge in [0.2, 0.25) is 5.91 Å². The Balaban J connectivity index is 1.55. The Morgan fingerprint density at radius 3 is 2.23 bits per heavy atom. The van der Waals surface area contributed by atoms with E-state index in [-0.39, 0.29) is 18.5 Å². The predicted octanol–water partition coefficient (Wildman–Crippen LogP) is 4.48. The Bertz CT molecular complexity index is 910. The highest BCUT2D eigenvalue weighted by atomic mass is 79.9. The van der Waals surface area contributed by atoms with Crippen LogP contribution in [0.2, 0.25) is 0 Å². The van der Waals surface area contributed by atoms with Gasteiger partial charge in [-0.2, -0.15) is 0 Å². The number of fused-ring (bicyclic) bond motifs is 3. The van der Waals surface area contributed by atoms with E-state index in [0.717, 1.165) is 4.47 Å². The van der Waals surface area contributed by atoms with E-state index in [9.17, 15) is 4.79 Å². The highest BCUT2D eigenvalue weighted by Crippen LogP contribution is 2.45. The molecular formula is C21H18BrN3O. The van der Waals surface area contributed by atoms with Crippen molar-refractivity contribution < 1.29 is 4.79 Å². The number of likely N-dealkylation sites (N-methyl/N-ethyl adjacent to an activating group) is 1. The number of nitrogens with zero attached hydrogens (tertiary/aromatic N) is 2. The molecule has 0 saturated heterocycles. The van der Waals surface area contributed by atoms with E-state index in [0.29, 0.717) is 5.82 Å². The first-order valence-electron chi connectivity index (χ1n) is 8.43. The van der Waals surface area contributed by atoms with E-state index >= 15 is 0 Å². The Labute approximate surface area is 161 Å². The molecule has 26 heavy (non-hydrogen) atoms. The molecular weight excluding hydrogens is 390 g/mol. The number of rotatable bonds is 4. The fourth-order valence-corrected chi connectivity index (χ4v) is 3.79. The van der Waals surface area contributed by atoms with Gasteiger partial charge >= 0.3 is 0 Å². The lowest BCUT2D eigenvalue weighted by Crippen LogP contribution is -2.33. The highest BCUT2D eigenvalue weighted by molar-refractivity contribution is 9.10. The SMILES string of the molecule is CN(CC(=O)Nc1ccc(Br)cn1)C1c2ccccc2-c2ccccc21. The summed E-state index contributed by atoms with van der Waals surface area (Å²) in [5.41, 5.74) is 4.97. The van der Waals surface area contributed by atoms with Gasteiger partial charge in [-0.1, -0.05) is 48.5 Å². The van der Waals surface area contributed by atoms with Crippen molar-refractivity contribution in [2.24, 2.45) is 0 Å². The average molecular weight is 408 g/mol. The number of benzene rings is 2. The Kier molecular flexibility index (Phi) is 4.57. The van der Waals surface area contributed by atoms with Crippen LogP contribution in [0.25, 0.3) is 11.1 Å². The summed E-state index contributed by atoms with van der Waals surface area (Å²) in [6, 6.07) is 20.5. The molecule has 1 amide bonds. The summed E-state index contributed by atoms with van der Waals surface area (Å²) in [5, 5.41) is 2.86. The third kappa shape index (κ3) is 3.16. The molecule has 1 heterocycles. The molecule has 0 fully saturated rings. The van der Waals surface area contributed by atoms with Gasteiger partial charge in [0.25, 0.3) is 0 Å². The van der Waals surface area contributed by atoms with Crippen molar-refractivity contribution in [1.29, 1.82) is 0 Å². The van der Waals surface area contributed by atoms with E-state index in [1.807, 2.05) is 13.1 Å². The molecule has 1 N–H and O–H groups in total. The topological polar surface area (TPSA) is 45.2 Å². The lowest BCUT2D eigenvalue weighted by atomic mass is 10.0. The van der Waals surface area contributed by atoms with E-state index < -0.39 is 0 Å². The minimum atomic E-state index is -0.0795. The van der Waals surface area contributed by atoms with Crippen molar-refractivity contribution in [3.63, 3.8) is 0 Å². The number of hydrogen-bond acceptors (Lipinski definition) is 3. The molecule has 1 aromatic heterocycles. The quantitative estimate of drug-likeness (QED) is 0.692. The van der Waals surface area contributed by atoms with Crippen LogP contribution in [0.15, 0.2) is 71.3 Å². The largest absolute Gasteiger partial charge is 0.310 e. The van der Waals surface area contributed by atoms with Crippen molar-refractivity contribution in [2.45, 2.75) is 6.04 Å². The lowest BCUT2D eigenvalue weighted by Gasteiger charge is -2.25. The van der Waals surface area contributed by atoms with Gasteiger partial charge in [-0.05, 0) is 57.4 Å². The van der Waals surface area contributed by atoms with Crippen LogP contribution < -0.4 is 5.32 Å². The number of carbonyl (C=O) groups excluding carboxylic acids is 1. The highest BCUT2D eigenvalue weighted by Gasteiger charge is 2.31. The van der Waals surface area contributed by atoms with E-state index in [1.165, 1.54) is 22.3 Å². The van der Waals surface area contributed by atoms with Gasteiger partial charge in [0, 0.05) is 10.7 Å². The van der Waals surface area contributed by atoms with Crippen LogP contribution in [0.5, 0.6) is 0 Å². The van der Waals surface area contributed by atoms with Crippen molar-refractivity contribution >= 4 is 27.7 Å². The molecule has 0 bridgehead atoms. The Morgan fingerprint density at radius 2 is 1.65 bits per heavy atom. The standard InChI is InChI=1S/C21H18BrN3O/c1-25(13-20(26)24-19-11-10-14(22)12-23-19)21-17-8-4-2-6-15(17)16-7-3-5-9-18(16)21/h2-12,21H,13H2,1H3,(H,23,24,26). The van der Waals surface area contributed by atoms with Crippen molar-refractivity contribution in [3.05, 3.63) is 82.5 Å². The molecule has 4 rings (SSSR count). The third-order valence-electron chi connectivity index (χ3n) is 4.63. The molecule has 3 aromatic rings. The monoisotopic (exact) mass is 407 g/mol. The van der Waals surface area contributed by atoms with Gasteiger partial charge in [-0.15, -0.1) is 0 Å². The first kappa shape index (κ1) is 16.9. The number of nitrogens with one attached hydrogen (secondary N) is 1. The number of anilines is 1. The lowest BCUT2D eigenvalue weighted by molar-refractivity contribution is -0.117. The fourth-order valence-electron chi connectivity index (χ4n) is 3.55. The molecule has 0 saturated carbocycles. The zero-order chi connectivity index (χ0) is 18.1. The summed E-state index contributed by atoms with van der Waals surface area (Å²) < 4.78 is 0.881. The van der Waals surface area contributed by atoms with Gasteiger partial charge in [-0.25, -0.2) is 4.98 Å². The molecule has 1 aliphatic carbocycles. The van der Waals surface area contributed by atoms with Crippen LogP contribution in [0.4, 0.5) is 5.82 Å². The minimum absolute atomic E-state index is 0.0750. The van der Waals surface area contributed by atoms with Crippen molar-refractivity contribution in [1.82, 2.24) is 9.88 Å². The second kappa shape index (κ2) is 7.02. The molecule has 130 valence electrons. The van der Waals surface area contributed by atoms with Gasteiger partial charge in [0.05, 0.1) is 12.6 Å². The van der Waals surface area contributed by atoms with Crippen LogP contribution >= 0.6 is 15.9 Å². The van der Waals surface area contributed by atoms with Crippen LogP contribution in [0, 0.1) is 0 Å². The molecule has 5 heteroatoms. The number of halogens is 1. The molecule has 4 nitrogen and oxygen atoms in total. The maximum Gasteiger partial charge on any atom is 0.239 e. The first-order chi connectivity index (χ1) is 12.6. The normalized spacial score (nSPS) is 12.7. The Hall–Kier alpha value is -2.50. The third-order valence-corrected chi connectivity index (χ3v) is 5.10. The number of carbonyl (C=O) groups is 1. The smallest absolute Gasteiger partial charge is 0.239 e. The van der Waals surface area contributed by atoms with Crippen LogP contribution in [-0.2, 0) is 4.79 Å². The molecule has 0 atom stereocenters. The number of amides is 1. The maximum atomic E-state index is 12.5. The summed E-state index contributed by atoms with van der Waals surface area (Å²) in [7, 11) is 1.98. The van der Waals surface area contributed by atoms with E-state index in [2.05, 4.69) is 79.7 Å². The fraction of sp³-hybridized carbons (Fsp3) is 0.143. The second-order valence-electron chi connectivity index (χ2n) is 6.40. The van der Waals surface area contributed by atoms with Gasteiger partial charge < -0.3 is 5.32 Å². The number of aromatic nitrogens is 1. The molecule has 2 aromatic carbocycles. The van der Waals surface area contributed by atoms with E-state index in [4.69, 9.17) is 0 Å². The molecule has 1 aliphatic rings. The van der Waals surface area contributed by atoms with Crippen molar-refractivity contribution in [3.8, 4) is 11.1 Å². The molecule has 0 unspecified atom stereocenters. The zero-order valence-corrected chi connectivity index (χ0v) is 15.9. The van der Waals surface area contributed by atoms with Crippen LogP contribution in [-0.4, -0.2) is 29.4 Å². The van der Waals surface area contributed by atoms with Crippen LogP contribution in [0.1, 0.15) is 17.2 Å². The summed E-state index contributed by atoms with van der Waals surface area (Å²) >= 11 is 3.34. The number of hydrogen-bond donors (Lipinski definition) is 1. The summed E-state index contributed by atoms with van der Waals surface area (Å²) in [4.78, 5) is 18.8. The minimum Gasteiger partial charge on any atom is -0.310 e. The second-order valence-corrected chi connectivity index (χ2v) is 7.32. The first-order valence-corrected chi connectivity index (χ1v) is 9.22. The summed E-state index contributed by atoms with van der Waals surface area (Å²) in [6.45, 7) is 0.283. The van der Waals surface area contributed by atoms with Crippen LogP contribution in [0.3, 0.4) is 0 Å². The van der Waals surface area contributed by atoms with Gasteiger partial charge in [0.1, 0.15) is 5.82 Å². The van der Waals surface area contributed by atoms with Crippen molar-refractivity contribution in [2.75, 3.05) is 18.9 Å². The van der Waals surface area contributed by atoms with Gasteiger partial charge in [-0.3, -0.25) is 9.69 Å². The average Bonchev–Trinajstić information content (AvgIpc) is 2.98.